The molecule has 0 bridgehead atoms. The zero-order valence-corrected chi connectivity index (χ0v) is 18.9. The first-order valence-electron chi connectivity index (χ1n) is 9.77. The lowest BCUT2D eigenvalue weighted by molar-refractivity contribution is -0.129. The van der Waals surface area contributed by atoms with E-state index in [1.54, 1.807) is 18.2 Å². The molecule has 0 aliphatic rings. The minimum atomic E-state index is -0.451. The Balaban J connectivity index is 1.59. The minimum absolute atomic E-state index is 0.00467. The number of hydrogen-bond acceptors (Lipinski definition) is 4. The molecular weight excluding hydrogens is 441 g/mol. The highest BCUT2D eigenvalue weighted by Gasteiger charge is 2.10. The number of carbonyl (C=O) groups excluding carboxylic acids is 3. The monoisotopic (exact) mass is 465 g/mol. The fourth-order valence-corrected chi connectivity index (χ4v) is 3.13. The summed E-state index contributed by atoms with van der Waals surface area (Å²) < 4.78 is 5.49. The average molecular weight is 466 g/mol. The van der Waals surface area contributed by atoms with Gasteiger partial charge >= 0.3 is 0 Å². The van der Waals surface area contributed by atoms with Crippen LogP contribution in [0.2, 0.25) is 10.0 Å². The summed E-state index contributed by atoms with van der Waals surface area (Å²) in [5.41, 5.74) is 7.39. The van der Waals surface area contributed by atoms with Crippen LogP contribution in [0.3, 0.4) is 0 Å². The molecule has 0 unspecified atom stereocenters. The van der Waals surface area contributed by atoms with Crippen LogP contribution in [0.1, 0.15) is 36.8 Å². The third kappa shape index (κ3) is 8.86. The minimum Gasteiger partial charge on any atom is -0.492 e. The number of nitrogens with one attached hydrogen (secondary N) is 3. The molecule has 0 heterocycles. The van der Waals surface area contributed by atoms with Crippen molar-refractivity contribution in [3.8, 4) is 5.75 Å². The number of rotatable bonds is 9. The molecule has 2 aromatic rings. The van der Waals surface area contributed by atoms with Crippen LogP contribution in [0.5, 0.6) is 5.75 Å². The number of anilines is 1. The largest absolute Gasteiger partial charge is 0.492 e. The number of halogens is 2. The van der Waals surface area contributed by atoms with Gasteiger partial charge in [-0.15, -0.1) is 0 Å². The lowest BCUT2D eigenvalue weighted by Crippen LogP contribution is -2.41. The third-order valence-electron chi connectivity index (χ3n) is 4.28. The molecule has 0 spiro atoms. The van der Waals surface area contributed by atoms with Gasteiger partial charge in [-0.05, 0) is 50.1 Å². The van der Waals surface area contributed by atoms with Crippen molar-refractivity contribution in [1.29, 1.82) is 0 Å². The van der Waals surface area contributed by atoms with Crippen molar-refractivity contribution in [2.45, 2.75) is 39.5 Å². The van der Waals surface area contributed by atoms with Gasteiger partial charge in [-0.2, -0.15) is 0 Å². The molecule has 7 nitrogen and oxygen atoms in total. The summed E-state index contributed by atoms with van der Waals surface area (Å²) in [6.45, 7) is 4.15. The van der Waals surface area contributed by atoms with Crippen molar-refractivity contribution < 1.29 is 19.1 Å². The Morgan fingerprint density at radius 1 is 0.871 bits per heavy atom. The molecule has 0 aliphatic heterocycles. The average Bonchev–Trinajstić information content (AvgIpc) is 2.71. The third-order valence-corrected chi connectivity index (χ3v) is 4.81. The lowest BCUT2D eigenvalue weighted by Gasteiger charge is -2.10. The van der Waals surface area contributed by atoms with E-state index in [0.717, 1.165) is 11.1 Å². The molecule has 3 amide bonds. The Kier molecular flexibility index (Phi) is 9.62. The Labute approximate surface area is 191 Å². The molecule has 2 aromatic carbocycles. The zero-order chi connectivity index (χ0) is 22.8. The van der Waals surface area contributed by atoms with Crippen LogP contribution < -0.4 is 20.9 Å². The summed E-state index contributed by atoms with van der Waals surface area (Å²) in [5, 5.41) is 3.68. The lowest BCUT2D eigenvalue weighted by atomic mass is 10.1. The van der Waals surface area contributed by atoms with Gasteiger partial charge in [0.15, 0.2) is 0 Å². The second kappa shape index (κ2) is 12.2. The summed E-state index contributed by atoms with van der Waals surface area (Å²) in [4.78, 5) is 35.7. The molecule has 31 heavy (non-hydrogen) atoms. The van der Waals surface area contributed by atoms with Crippen molar-refractivity contribution in [3.63, 3.8) is 0 Å². The highest BCUT2D eigenvalue weighted by molar-refractivity contribution is 6.35. The van der Waals surface area contributed by atoms with Gasteiger partial charge in [0.25, 0.3) is 0 Å². The van der Waals surface area contributed by atoms with Gasteiger partial charge in [0, 0.05) is 30.0 Å². The molecule has 0 radical (unpaired) electrons. The highest BCUT2D eigenvalue weighted by atomic mass is 35.5. The molecule has 0 aromatic heterocycles. The standard InChI is InChI=1S/C22H25Cl2N3O4/c1-14-5-7-18(15(2)12-14)25-20(28)9-10-22(30)27-26-21(29)4-3-11-31-19-8-6-16(23)13-17(19)24/h5-8,12-13H,3-4,9-11H2,1-2H3,(H,25,28)(H,26,29)(H,27,30). The summed E-state index contributed by atoms with van der Waals surface area (Å²) >= 11 is 11.8. The van der Waals surface area contributed by atoms with Crippen LogP contribution in [0, 0.1) is 13.8 Å². The molecule has 0 saturated carbocycles. The van der Waals surface area contributed by atoms with E-state index in [1.807, 2.05) is 32.0 Å². The maximum absolute atomic E-state index is 12.0. The van der Waals surface area contributed by atoms with Crippen LogP contribution in [-0.2, 0) is 14.4 Å². The highest BCUT2D eigenvalue weighted by Crippen LogP contribution is 2.27. The van der Waals surface area contributed by atoms with Crippen molar-refractivity contribution >= 4 is 46.6 Å². The summed E-state index contributed by atoms with van der Waals surface area (Å²) in [7, 11) is 0. The summed E-state index contributed by atoms with van der Waals surface area (Å²) in [6, 6.07) is 10.6. The first-order valence-corrected chi connectivity index (χ1v) is 10.5. The number of hydrazine groups is 1. The van der Waals surface area contributed by atoms with Gasteiger partial charge in [-0.25, -0.2) is 0 Å². The van der Waals surface area contributed by atoms with Gasteiger partial charge in [-0.1, -0.05) is 40.9 Å². The van der Waals surface area contributed by atoms with E-state index < -0.39 is 5.91 Å². The fourth-order valence-electron chi connectivity index (χ4n) is 2.67. The Bertz CT molecular complexity index is 950. The zero-order valence-electron chi connectivity index (χ0n) is 17.4. The fraction of sp³-hybridized carbons (Fsp3) is 0.318. The van der Waals surface area contributed by atoms with Crippen molar-refractivity contribution in [3.05, 3.63) is 57.6 Å². The SMILES string of the molecule is Cc1ccc(NC(=O)CCC(=O)NNC(=O)CCCOc2ccc(Cl)cc2Cl)c(C)c1. The number of ether oxygens (including phenoxy) is 1. The quantitative estimate of drug-likeness (QED) is 0.379. The smallest absolute Gasteiger partial charge is 0.238 e. The predicted octanol–water partition coefficient (Wildman–Crippen LogP) is 4.34. The van der Waals surface area contributed by atoms with Gasteiger partial charge in [0.1, 0.15) is 5.75 Å². The Morgan fingerprint density at radius 3 is 2.23 bits per heavy atom. The molecule has 0 aliphatic carbocycles. The molecule has 0 fully saturated rings. The number of carbonyl (C=O) groups is 3. The Hall–Kier alpha value is -2.77. The van der Waals surface area contributed by atoms with Crippen LogP contribution in [0.25, 0.3) is 0 Å². The molecule has 3 N–H and O–H groups in total. The van der Waals surface area contributed by atoms with Crippen LogP contribution in [0.4, 0.5) is 5.69 Å². The number of hydrogen-bond donors (Lipinski definition) is 3. The maximum Gasteiger partial charge on any atom is 0.238 e. The van der Waals surface area contributed by atoms with Crippen LogP contribution in [0.15, 0.2) is 36.4 Å². The maximum atomic E-state index is 12.0. The molecular formula is C22H25Cl2N3O4. The first-order chi connectivity index (χ1) is 14.7. The van der Waals surface area contributed by atoms with Gasteiger partial charge in [-0.3, -0.25) is 25.2 Å². The molecule has 0 saturated heterocycles. The molecule has 9 heteroatoms. The first kappa shape index (κ1) is 24.5. The Morgan fingerprint density at radius 2 is 1.55 bits per heavy atom. The molecule has 0 atom stereocenters. The molecule has 166 valence electrons. The second-order valence-corrected chi connectivity index (χ2v) is 7.83. The number of amides is 3. The van der Waals surface area contributed by atoms with Crippen molar-refractivity contribution in [1.82, 2.24) is 10.9 Å². The predicted molar refractivity (Wildman–Crippen MR) is 121 cm³/mol. The van der Waals surface area contributed by atoms with Gasteiger partial charge in [0.2, 0.25) is 17.7 Å². The van der Waals surface area contributed by atoms with E-state index in [-0.39, 0.29) is 37.7 Å². The van der Waals surface area contributed by atoms with Crippen molar-refractivity contribution in [2.24, 2.45) is 0 Å². The number of aryl methyl sites for hydroxylation is 2. The second-order valence-electron chi connectivity index (χ2n) is 6.99. The number of benzene rings is 2. The normalized spacial score (nSPS) is 10.3. The summed E-state index contributed by atoms with van der Waals surface area (Å²) in [6.07, 6.45) is 0.539. The molecule has 2 rings (SSSR count). The van der Waals surface area contributed by atoms with E-state index in [4.69, 9.17) is 27.9 Å². The van der Waals surface area contributed by atoms with E-state index in [0.29, 0.717) is 27.9 Å². The van der Waals surface area contributed by atoms with Crippen LogP contribution in [-0.4, -0.2) is 24.3 Å². The van der Waals surface area contributed by atoms with Crippen molar-refractivity contribution in [2.75, 3.05) is 11.9 Å². The topological polar surface area (TPSA) is 96.5 Å². The van der Waals surface area contributed by atoms with E-state index in [1.165, 1.54) is 0 Å². The van der Waals surface area contributed by atoms with E-state index in [2.05, 4.69) is 16.2 Å². The van der Waals surface area contributed by atoms with Gasteiger partial charge in [0.05, 0.1) is 11.6 Å². The van der Waals surface area contributed by atoms with E-state index >= 15 is 0 Å². The van der Waals surface area contributed by atoms with Gasteiger partial charge < -0.3 is 10.1 Å². The van der Waals surface area contributed by atoms with Crippen LogP contribution >= 0.6 is 23.2 Å². The van der Waals surface area contributed by atoms with E-state index in [9.17, 15) is 14.4 Å². The summed E-state index contributed by atoms with van der Waals surface area (Å²) in [5.74, 6) is -0.600.